The largest absolute Gasteiger partial charge is 0.352 e. The van der Waals surface area contributed by atoms with Crippen molar-refractivity contribution in [3.63, 3.8) is 0 Å². The van der Waals surface area contributed by atoms with Crippen molar-refractivity contribution >= 4 is 5.91 Å². The van der Waals surface area contributed by atoms with Crippen LogP contribution in [0.25, 0.3) is 0 Å². The fraction of sp³-hybridized carbons (Fsp3) is 0.917. The number of carbonyl (C=O) groups excluding carboxylic acids is 1. The van der Waals surface area contributed by atoms with Crippen molar-refractivity contribution in [2.24, 2.45) is 11.7 Å². The predicted octanol–water partition coefficient (Wildman–Crippen LogP) is 0.324. The molecular weight excluding hydrogens is 202 g/mol. The summed E-state index contributed by atoms with van der Waals surface area (Å²) in [6, 6.07) is 0.678. The van der Waals surface area contributed by atoms with Gasteiger partial charge in [-0.3, -0.25) is 9.69 Å². The number of nitrogens with one attached hydrogen (secondary N) is 1. The van der Waals surface area contributed by atoms with Gasteiger partial charge in [0.1, 0.15) is 0 Å². The molecule has 0 radical (unpaired) electrons. The van der Waals surface area contributed by atoms with Crippen LogP contribution >= 0.6 is 0 Å². The van der Waals surface area contributed by atoms with Crippen LogP contribution in [0.3, 0.4) is 0 Å². The van der Waals surface area contributed by atoms with Crippen LogP contribution in [0.2, 0.25) is 0 Å². The number of hydrogen-bond acceptors (Lipinski definition) is 3. The third-order valence-corrected chi connectivity index (χ3v) is 3.81. The van der Waals surface area contributed by atoms with Crippen LogP contribution in [0.4, 0.5) is 0 Å². The van der Waals surface area contributed by atoms with Crippen molar-refractivity contribution in [1.29, 1.82) is 0 Å². The Hall–Kier alpha value is -0.610. The first kappa shape index (κ1) is 11.9. The van der Waals surface area contributed by atoms with Crippen LogP contribution in [-0.2, 0) is 4.79 Å². The molecule has 2 unspecified atom stereocenters. The number of nitrogens with zero attached hydrogens (tertiary/aromatic N) is 1. The van der Waals surface area contributed by atoms with E-state index in [1.807, 2.05) is 0 Å². The summed E-state index contributed by atoms with van der Waals surface area (Å²) in [4.78, 5) is 13.9. The molecule has 4 nitrogen and oxygen atoms in total. The van der Waals surface area contributed by atoms with Crippen molar-refractivity contribution < 1.29 is 4.79 Å². The van der Waals surface area contributed by atoms with E-state index < -0.39 is 0 Å². The number of amides is 1. The fourth-order valence-electron chi connectivity index (χ4n) is 2.73. The zero-order valence-corrected chi connectivity index (χ0v) is 10.1. The highest BCUT2D eigenvalue weighted by Crippen LogP contribution is 2.23. The molecule has 1 saturated heterocycles. The maximum Gasteiger partial charge on any atom is 0.234 e. The summed E-state index contributed by atoms with van der Waals surface area (Å²) < 4.78 is 0. The van der Waals surface area contributed by atoms with Gasteiger partial charge >= 0.3 is 0 Å². The Morgan fingerprint density at radius 1 is 1.38 bits per heavy atom. The van der Waals surface area contributed by atoms with Gasteiger partial charge in [0.15, 0.2) is 0 Å². The Balaban J connectivity index is 1.69. The van der Waals surface area contributed by atoms with E-state index in [9.17, 15) is 4.79 Å². The normalized spacial score (nSPS) is 32.1. The van der Waals surface area contributed by atoms with Gasteiger partial charge < -0.3 is 11.1 Å². The Labute approximate surface area is 97.6 Å². The quantitative estimate of drug-likeness (QED) is 0.727. The summed E-state index contributed by atoms with van der Waals surface area (Å²) in [6.45, 7) is 4.50. The average molecular weight is 225 g/mol. The molecule has 2 aliphatic rings. The summed E-state index contributed by atoms with van der Waals surface area (Å²) in [7, 11) is 0. The third kappa shape index (κ3) is 2.95. The molecule has 92 valence electrons. The molecule has 4 heteroatoms. The van der Waals surface area contributed by atoms with Crippen LogP contribution in [0.1, 0.15) is 32.6 Å². The molecule has 0 bridgehead atoms. The number of likely N-dealkylation sites (tertiary alicyclic amines) is 1. The summed E-state index contributed by atoms with van der Waals surface area (Å²) in [5.41, 5.74) is 5.68. The molecule has 2 fully saturated rings. The minimum absolute atomic E-state index is 0.172. The van der Waals surface area contributed by atoms with E-state index in [1.54, 1.807) is 0 Å². The monoisotopic (exact) mass is 225 g/mol. The first-order valence-electron chi connectivity index (χ1n) is 6.42. The molecule has 1 aliphatic heterocycles. The fourth-order valence-corrected chi connectivity index (χ4v) is 2.73. The molecule has 16 heavy (non-hydrogen) atoms. The van der Waals surface area contributed by atoms with E-state index in [1.165, 1.54) is 19.3 Å². The molecule has 1 heterocycles. The van der Waals surface area contributed by atoms with Gasteiger partial charge in [-0.25, -0.2) is 0 Å². The number of carbonyl (C=O) groups is 1. The van der Waals surface area contributed by atoms with Crippen molar-refractivity contribution in [3.05, 3.63) is 0 Å². The van der Waals surface area contributed by atoms with Crippen molar-refractivity contribution in [2.45, 2.75) is 44.7 Å². The maximum atomic E-state index is 11.8. The Bertz CT molecular complexity index is 251. The zero-order valence-electron chi connectivity index (χ0n) is 10.1. The smallest absolute Gasteiger partial charge is 0.234 e. The Morgan fingerprint density at radius 3 is 2.69 bits per heavy atom. The van der Waals surface area contributed by atoms with Crippen molar-refractivity contribution in [3.8, 4) is 0 Å². The molecular formula is C12H23N3O. The molecule has 0 spiro atoms. The van der Waals surface area contributed by atoms with Crippen LogP contribution in [-0.4, -0.2) is 42.5 Å². The number of rotatable bonds is 3. The Kier molecular flexibility index (Phi) is 3.82. The van der Waals surface area contributed by atoms with Gasteiger partial charge in [0.25, 0.3) is 0 Å². The number of nitrogens with two attached hydrogens (primary N) is 1. The molecule has 0 aromatic rings. The second-order valence-corrected chi connectivity index (χ2v) is 5.39. The molecule has 2 rings (SSSR count). The van der Waals surface area contributed by atoms with Gasteiger partial charge in [-0.05, 0) is 18.8 Å². The van der Waals surface area contributed by atoms with Crippen LogP contribution in [0, 0.1) is 5.92 Å². The molecule has 0 aromatic carbocycles. The summed E-state index contributed by atoms with van der Waals surface area (Å²) >= 11 is 0. The first-order chi connectivity index (χ1) is 7.65. The Morgan fingerprint density at radius 2 is 2.06 bits per heavy atom. The van der Waals surface area contributed by atoms with Gasteiger partial charge in [0, 0.05) is 25.2 Å². The van der Waals surface area contributed by atoms with E-state index in [0.29, 0.717) is 18.5 Å². The lowest BCUT2D eigenvalue weighted by atomic mass is 9.86. The second-order valence-electron chi connectivity index (χ2n) is 5.39. The van der Waals surface area contributed by atoms with Crippen LogP contribution < -0.4 is 11.1 Å². The standard InChI is InChI=1S/C12H23N3O/c1-9-4-2-3-5-11(9)14-12(16)8-15-6-10(13)7-15/h9-11H,2-8,13H2,1H3,(H,14,16). The minimum atomic E-state index is 0.172. The lowest BCUT2D eigenvalue weighted by Crippen LogP contribution is -2.58. The van der Waals surface area contributed by atoms with Gasteiger partial charge in [0.2, 0.25) is 5.91 Å². The van der Waals surface area contributed by atoms with E-state index in [0.717, 1.165) is 19.5 Å². The van der Waals surface area contributed by atoms with Crippen molar-refractivity contribution in [1.82, 2.24) is 10.2 Å². The van der Waals surface area contributed by atoms with E-state index >= 15 is 0 Å². The average Bonchev–Trinajstić information content (AvgIpc) is 2.19. The lowest BCUT2D eigenvalue weighted by molar-refractivity contribution is -0.124. The third-order valence-electron chi connectivity index (χ3n) is 3.81. The second kappa shape index (κ2) is 5.15. The van der Waals surface area contributed by atoms with Gasteiger partial charge in [-0.1, -0.05) is 19.8 Å². The zero-order chi connectivity index (χ0) is 11.5. The molecule has 1 saturated carbocycles. The highest BCUT2D eigenvalue weighted by molar-refractivity contribution is 5.78. The summed E-state index contributed by atoms with van der Waals surface area (Å²) in [5, 5.41) is 3.16. The minimum Gasteiger partial charge on any atom is -0.352 e. The van der Waals surface area contributed by atoms with Crippen LogP contribution in [0.5, 0.6) is 0 Å². The molecule has 1 amide bonds. The molecule has 0 aromatic heterocycles. The van der Waals surface area contributed by atoms with Gasteiger partial charge in [-0.2, -0.15) is 0 Å². The maximum absolute atomic E-state index is 11.8. The van der Waals surface area contributed by atoms with Gasteiger partial charge in [0.05, 0.1) is 6.54 Å². The predicted molar refractivity (Wildman–Crippen MR) is 64.0 cm³/mol. The summed E-state index contributed by atoms with van der Waals surface area (Å²) in [6.07, 6.45) is 4.96. The van der Waals surface area contributed by atoms with E-state index in [4.69, 9.17) is 5.73 Å². The highest BCUT2D eigenvalue weighted by atomic mass is 16.2. The SMILES string of the molecule is CC1CCCCC1NC(=O)CN1CC(N)C1. The topological polar surface area (TPSA) is 58.4 Å². The number of hydrogen-bond donors (Lipinski definition) is 2. The summed E-state index contributed by atoms with van der Waals surface area (Å²) in [5.74, 6) is 0.807. The lowest BCUT2D eigenvalue weighted by Gasteiger charge is -2.37. The molecule has 2 atom stereocenters. The van der Waals surface area contributed by atoms with Crippen molar-refractivity contribution in [2.75, 3.05) is 19.6 Å². The molecule has 3 N–H and O–H groups in total. The molecule has 1 aliphatic carbocycles. The van der Waals surface area contributed by atoms with Gasteiger partial charge in [-0.15, -0.1) is 0 Å². The van der Waals surface area contributed by atoms with E-state index in [2.05, 4.69) is 17.1 Å². The van der Waals surface area contributed by atoms with Crippen LogP contribution in [0.15, 0.2) is 0 Å². The van der Waals surface area contributed by atoms with E-state index in [-0.39, 0.29) is 11.9 Å². The first-order valence-corrected chi connectivity index (χ1v) is 6.42. The highest BCUT2D eigenvalue weighted by Gasteiger charge is 2.27.